The second-order valence-electron chi connectivity index (χ2n) is 11.4. The summed E-state index contributed by atoms with van der Waals surface area (Å²) in [7, 11) is -3.99. The molecule has 1 aliphatic heterocycles. The number of hydrogen-bond donors (Lipinski definition) is 3. The monoisotopic (exact) mass is 677 g/mol. The number of nitrogen functional groups attached to an aromatic ring is 1. The first-order valence-electron chi connectivity index (χ1n) is 15.1. The number of phenolic OH excluding ortho intramolecular Hbond substituents is 1. The Bertz CT molecular complexity index is 2240. The zero-order chi connectivity index (χ0) is 33.4. The zero-order valence-corrected chi connectivity index (χ0v) is 27.2. The number of primary sulfonamides is 1. The molecule has 1 unspecified atom stereocenters. The van der Waals surface area contributed by atoms with Crippen LogP contribution in [0.15, 0.2) is 120 Å². The summed E-state index contributed by atoms with van der Waals surface area (Å²) in [6.07, 6.45) is 0. The standard InChI is InChI=1S/C36H31N5O5S2/c37-35-29-21-26(13-17-32(29)47-39-35)41(22-23-6-2-1-3-7-23)34(24-10-14-27(42)15-11-24)36(43)40-18-19-46-31-20-25(12-16-30(31)40)28-8-4-5-9-33(28)48(38,44)45/h1-17,20-21,34,42H,18-19,22H2,(H2,37,39)(H2,38,44,45). The third kappa shape index (κ3) is 6.04. The second kappa shape index (κ2) is 12.6. The summed E-state index contributed by atoms with van der Waals surface area (Å²) in [5, 5.41) is 16.5. The first-order chi connectivity index (χ1) is 23.2. The first kappa shape index (κ1) is 31.2. The number of aromatic nitrogens is 1. The van der Waals surface area contributed by atoms with Gasteiger partial charge in [0, 0.05) is 23.2 Å². The van der Waals surface area contributed by atoms with Crippen LogP contribution in [0.5, 0.6) is 11.5 Å². The molecular formula is C36H31N5O5S2. The van der Waals surface area contributed by atoms with Gasteiger partial charge in [0.05, 0.1) is 21.8 Å². The van der Waals surface area contributed by atoms with Gasteiger partial charge in [-0.15, -0.1) is 0 Å². The van der Waals surface area contributed by atoms with E-state index in [-0.39, 0.29) is 29.7 Å². The van der Waals surface area contributed by atoms with E-state index >= 15 is 4.79 Å². The lowest BCUT2D eigenvalue weighted by Crippen LogP contribution is -2.46. The largest absolute Gasteiger partial charge is 0.508 e. The van der Waals surface area contributed by atoms with Crippen LogP contribution in [0.4, 0.5) is 17.2 Å². The summed E-state index contributed by atoms with van der Waals surface area (Å²) in [6, 6.07) is 33.3. The van der Waals surface area contributed by atoms with Crippen molar-refractivity contribution < 1.29 is 23.1 Å². The van der Waals surface area contributed by atoms with Gasteiger partial charge in [-0.2, -0.15) is 4.37 Å². The number of phenols is 1. The molecular weight excluding hydrogens is 647 g/mol. The maximum absolute atomic E-state index is 15.0. The molecule has 6 aromatic rings. The number of carbonyl (C=O) groups excluding carboxylic acids is 1. The molecule has 1 atom stereocenters. The van der Waals surface area contributed by atoms with Crippen LogP contribution in [0.2, 0.25) is 0 Å². The average molecular weight is 678 g/mol. The van der Waals surface area contributed by atoms with E-state index in [9.17, 15) is 13.5 Å². The number of benzene rings is 5. The lowest BCUT2D eigenvalue weighted by Gasteiger charge is -2.38. The molecule has 48 heavy (non-hydrogen) atoms. The Morgan fingerprint density at radius 3 is 2.48 bits per heavy atom. The number of sulfonamides is 1. The smallest absolute Gasteiger partial charge is 0.254 e. The fourth-order valence-corrected chi connectivity index (χ4v) is 7.51. The molecule has 12 heteroatoms. The Morgan fingerprint density at radius 1 is 0.958 bits per heavy atom. The van der Waals surface area contributed by atoms with Crippen molar-refractivity contribution in [1.82, 2.24) is 4.37 Å². The number of hydrogen-bond acceptors (Lipinski definition) is 9. The Labute approximate surface area is 281 Å². The zero-order valence-electron chi connectivity index (χ0n) is 25.6. The number of ether oxygens (including phenoxy) is 1. The molecule has 5 N–H and O–H groups in total. The van der Waals surface area contributed by atoms with Crippen molar-refractivity contribution in [2.45, 2.75) is 17.5 Å². The van der Waals surface area contributed by atoms with Gasteiger partial charge in [0.2, 0.25) is 10.0 Å². The van der Waals surface area contributed by atoms with E-state index in [2.05, 4.69) is 4.37 Å². The van der Waals surface area contributed by atoms with E-state index < -0.39 is 16.1 Å². The average Bonchev–Trinajstić information content (AvgIpc) is 3.47. The molecule has 7 rings (SSSR count). The molecule has 0 aliphatic carbocycles. The highest BCUT2D eigenvalue weighted by Crippen LogP contribution is 2.41. The van der Waals surface area contributed by atoms with Gasteiger partial charge in [0.25, 0.3) is 5.91 Å². The highest BCUT2D eigenvalue weighted by Gasteiger charge is 2.35. The third-order valence-electron chi connectivity index (χ3n) is 8.36. The summed E-state index contributed by atoms with van der Waals surface area (Å²) in [6.45, 7) is 0.901. The van der Waals surface area contributed by atoms with Gasteiger partial charge in [0.15, 0.2) is 0 Å². The lowest BCUT2D eigenvalue weighted by atomic mass is 9.99. The Balaban J connectivity index is 1.34. The molecule has 0 radical (unpaired) electrons. The van der Waals surface area contributed by atoms with Gasteiger partial charge in [-0.25, -0.2) is 13.6 Å². The van der Waals surface area contributed by atoms with Crippen LogP contribution in [0.25, 0.3) is 21.2 Å². The highest BCUT2D eigenvalue weighted by molar-refractivity contribution is 7.89. The van der Waals surface area contributed by atoms with Crippen LogP contribution in [-0.4, -0.2) is 37.0 Å². The van der Waals surface area contributed by atoms with Crippen LogP contribution in [0.3, 0.4) is 0 Å². The molecule has 2 heterocycles. The molecule has 0 saturated heterocycles. The maximum atomic E-state index is 15.0. The summed E-state index contributed by atoms with van der Waals surface area (Å²) < 4.78 is 36.0. The van der Waals surface area contributed by atoms with Gasteiger partial charge < -0.3 is 25.4 Å². The molecule has 0 bridgehead atoms. The number of nitrogens with zero attached hydrogens (tertiary/aromatic N) is 3. The molecule has 0 spiro atoms. The predicted octanol–water partition coefficient (Wildman–Crippen LogP) is 6.07. The molecule has 1 aliphatic rings. The number of fused-ring (bicyclic) bond motifs is 2. The van der Waals surface area contributed by atoms with Crippen molar-refractivity contribution in [3.63, 3.8) is 0 Å². The fourth-order valence-electron chi connectivity index (χ4n) is 6.07. The Morgan fingerprint density at radius 2 is 1.71 bits per heavy atom. The van der Waals surface area contributed by atoms with Crippen LogP contribution in [0.1, 0.15) is 17.2 Å². The molecule has 242 valence electrons. The number of anilines is 3. The number of carbonyl (C=O) groups is 1. The van der Waals surface area contributed by atoms with Crippen LogP contribution in [0, 0.1) is 0 Å². The first-order valence-corrected chi connectivity index (χ1v) is 17.4. The van der Waals surface area contributed by atoms with Gasteiger partial charge in [0.1, 0.15) is 30.0 Å². The van der Waals surface area contributed by atoms with Crippen molar-refractivity contribution in [3.05, 3.63) is 126 Å². The Hall–Kier alpha value is -5.43. The van der Waals surface area contributed by atoms with Crippen molar-refractivity contribution in [3.8, 4) is 22.6 Å². The van der Waals surface area contributed by atoms with E-state index in [1.165, 1.54) is 17.6 Å². The molecule has 0 saturated carbocycles. The lowest BCUT2D eigenvalue weighted by molar-refractivity contribution is -0.120. The van der Waals surface area contributed by atoms with E-state index in [0.717, 1.165) is 21.3 Å². The minimum Gasteiger partial charge on any atom is -0.508 e. The topological polar surface area (TPSA) is 152 Å². The second-order valence-corrected chi connectivity index (χ2v) is 13.8. The van der Waals surface area contributed by atoms with Crippen molar-refractivity contribution in [1.29, 1.82) is 0 Å². The molecule has 0 fully saturated rings. The number of nitrogens with two attached hydrogens (primary N) is 2. The van der Waals surface area contributed by atoms with E-state index in [1.54, 1.807) is 65.6 Å². The predicted molar refractivity (Wildman–Crippen MR) is 189 cm³/mol. The fraction of sp³-hybridized carbons (Fsp3) is 0.111. The molecule has 10 nitrogen and oxygen atoms in total. The van der Waals surface area contributed by atoms with Gasteiger partial charge in [-0.1, -0.05) is 66.7 Å². The Kier molecular flexibility index (Phi) is 8.21. The summed E-state index contributed by atoms with van der Waals surface area (Å²) in [5.74, 6) is 0.734. The number of amides is 1. The van der Waals surface area contributed by atoms with Gasteiger partial charge >= 0.3 is 0 Å². The normalized spacial score (nSPS) is 13.5. The minimum atomic E-state index is -3.99. The quantitative estimate of drug-likeness (QED) is 0.176. The number of rotatable bonds is 8. The summed E-state index contributed by atoms with van der Waals surface area (Å²) >= 11 is 1.32. The highest BCUT2D eigenvalue weighted by atomic mass is 32.2. The van der Waals surface area contributed by atoms with E-state index in [0.29, 0.717) is 40.5 Å². The van der Waals surface area contributed by atoms with E-state index in [1.807, 2.05) is 53.4 Å². The van der Waals surface area contributed by atoms with E-state index in [4.69, 9.17) is 15.6 Å². The van der Waals surface area contributed by atoms with Gasteiger partial charge in [-0.3, -0.25) is 4.79 Å². The van der Waals surface area contributed by atoms with Gasteiger partial charge in [-0.05, 0) is 76.8 Å². The van der Waals surface area contributed by atoms with Crippen LogP contribution in [-0.2, 0) is 21.4 Å². The summed E-state index contributed by atoms with van der Waals surface area (Å²) in [4.78, 5) is 18.7. The van der Waals surface area contributed by atoms with Crippen LogP contribution >= 0.6 is 11.5 Å². The minimum absolute atomic E-state index is 0.00364. The molecule has 1 aromatic heterocycles. The SMILES string of the molecule is Nc1nsc2ccc(N(Cc3ccccc3)C(C(=O)N3CCOc4cc(-c5ccccc5S(N)(=O)=O)ccc43)c3ccc(O)cc3)cc12. The summed E-state index contributed by atoms with van der Waals surface area (Å²) in [5.41, 5.74) is 10.3. The van der Waals surface area contributed by atoms with Crippen molar-refractivity contribution in [2.24, 2.45) is 5.14 Å². The third-order valence-corrected chi connectivity index (χ3v) is 10.2. The van der Waals surface area contributed by atoms with Crippen LogP contribution < -0.4 is 25.4 Å². The molecule has 5 aromatic carbocycles. The maximum Gasteiger partial charge on any atom is 0.254 e. The number of aromatic hydroxyl groups is 1. The molecule has 1 amide bonds. The van der Waals surface area contributed by atoms with Crippen molar-refractivity contribution in [2.75, 3.05) is 28.7 Å². The van der Waals surface area contributed by atoms with Crippen molar-refractivity contribution >= 4 is 54.7 Å².